The van der Waals surface area contributed by atoms with Gasteiger partial charge in [-0.1, -0.05) is 6.07 Å². The van der Waals surface area contributed by atoms with Gasteiger partial charge in [-0.15, -0.1) is 0 Å². The minimum atomic E-state index is -0.684. The second-order valence-electron chi connectivity index (χ2n) is 10.0. The molecule has 3 rings (SSSR count). The van der Waals surface area contributed by atoms with E-state index in [1.54, 1.807) is 44.0 Å². The molecule has 174 valence electrons. The Morgan fingerprint density at radius 2 is 1.56 bits per heavy atom. The summed E-state index contributed by atoms with van der Waals surface area (Å²) in [6.45, 7) is 12.0. The smallest absolute Gasteiger partial charge is 0.419 e. The Kier molecular flexibility index (Phi) is 6.26. The molecule has 8 heteroatoms. The summed E-state index contributed by atoms with van der Waals surface area (Å²) in [5, 5.41) is 0.759. The van der Waals surface area contributed by atoms with E-state index in [0.29, 0.717) is 18.6 Å². The van der Waals surface area contributed by atoms with Gasteiger partial charge in [0.25, 0.3) is 0 Å². The molecule has 0 unspecified atom stereocenters. The van der Waals surface area contributed by atoms with E-state index in [1.807, 2.05) is 26.8 Å². The van der Waals surface area contributed by atoms with Gasteiger partial charge in [-0.3, -0.25) is 4.57 Å². The number of carbonyl (C=O) groups is 3. The van der Waals surface area contributed by atoms with Gasteiger partial charge < -0.3 is 19.1 Å². The summed E-state index contributed by atoms with van der Waals surface area (Å²) < 4.78 is 17.3. The van der Waals surface area contributed by atoms with Crippen LogP contribution in [0.4, 0.5) is 9.59 Å². The van der Waals surface area contributed by atoms with E-state index >= 15 is 0 Å². The third-order valence-electron chi connectivity index (χ3n) is 5.16. The normalized spacial score (nSPS) is 16.8. The zero-order chi connectivity index (χ0) is 23.8. The molecule has 2 aromatic rings. The predicted octanol–water partition coefficient (Wildman–Crippen LogP) is 4.94. The Morgan fingerprint density at radius 3 is 2.16 bits per heavy atom. The highest BCUT2D eigenvalue weighted by Gasteiger charge is 2.33. The number of benzene rings is 1. The molecule has 1 fully saturated rings. The molecule has 0 bridgehead atoms. The highest BCUT2D eigenvalue weighted by atomic mass is 16.6. The van der Waals surface area contributed by atoms with Crippen LogP contribution in [0.2, 0.25) is 0 Å². The Balaban J connectivity index is 1.99. The van der Waals surface area contributed by atoms with Gasteiger partial charge in [-0.25, -0.2) is 14.4 Å². The van der Waals surface area contributed by atoms with Crippen molar-refractivity contribution in [1.82, 2.24) is 9.47 Å². The van der Waals surface area contributed by atoms with Crippen LogP contribution in [0.1, 0.15) is 69.8 Å². The van der Waals surface area contributed by atoms with Crippen LogP contribution in [-0.4, -0.2) is 59.0 Å². The lowest BCUT2D eigenvalue weighted by atomic mass is 9.93. The Morgan fingerprint density at radius 1 is 0.938 bits per heavy atom. The molecule has 32 heavy (non-hydrogen) atoms. The van der Waals surface area contributed by atoms with Crippen LogP contribution in [0.3, 0.4) is 0 Å². The van der Waals surface area contributed by atoms with Gasteiger partial charge in [0.2, 0.25) is 0 Å². The first-order chi connectivity index (χ1) is 14.8. The number of fused-ring (bicyclic) bond motifs is 1. The van der Waals surface area contributed by atoms with Gasteiger partial charge >= 0.3 is 18.2 Å². The van der Waals surface area contributed by atoms with Crippen molar-refractivity contribution in [3.63, 3.8) is 0 Å². The van der Waals surface area contributed by atoms with Gasteiger partial charge in [0.05, 0.1) is 18.2 Å². The van der Waals surface area contributed by atoms with E-state index in [9.17, 15) is 14.4 Å². The number of carbonyl (C=O) groups excluding carboxylic acids is 3. The largest absolute Gasteiger partial charge is 0.465 e. The van der Waals surface area contributed by atoms with Crippen molar-refractivity contribution in [2.75, 3.05) is 20.2 Å². The second kappa shape index (κ2) is 8.48. The fraction of sp³-hybridized carbons (Fsp3) is 0.542. The van der Waals surface area contributed by atoms with Crippen molar-refractivity contribution in [2.45, 2.75) is 65.1 Å². The minimum absolute atomic E-state index is 0.0474. The first kappa shape index (κ1) is 23.6. The maximum atomic E-state index is 12.8. The Bertz CT molecular complexity index is 1040. The minimum Gasteiger partial charge on any atom is -0.465 e. The summed E-state index contributed by atoms with van der Waals surface area (Å²) in [5.41, 5.74) is 0.440. The molecule has 0 spiro atoms. The molecule has 0 aliphatic carbocycles. The highest BCUT2D eigenvalue weighted by molar-refractivity contribution is 6.07. The zero-order valence-corrected chi connectivity index (χ0v) is 19.9. The first-order valence-corrected chi connectivity index (χ1v) is 10.7. The number of esters is 1. The third kappa shape index (κ3) is 5.06. The fourth-order valence-corrected chi connectivity index (χ4v) is 3.88. The summed E-state index contributed by atoms with van der Waals surface area (Å²) >= 11 is 0. The van der Waals surface area contributed by atoms with Gasteiger partial charge in [0.1, 0.15) is 11.2 Å². The molecule has 1 amide bonds. The number of hydrogen-bond donors (Lipinski definition) is 0. The maximum absolute atomic E-state index is 12.8. The summed E-state index contributed by atoms with van der Waals surface area (Å²) in [4.78, 5) is 39.4. The van der Waals surface area contributed by atoms with Crippen molar-refractivity contribution >= 4 is 29.1 Å². The molecule has 0 saturated carbocycles. The van der Waals surface area contributed by atoms with Crippen LogP contribution in [0.5, 0.6) is 0 Å². The molecule has 1 aromatic carbocycles. The van der Waals surface area contributed by atoms with Gasteiger partial charge in [0, 0.05) is 30.6 Å². The number of amides is 1. The molecule has 0 radical (unpaired) electrons. The predicted molar refractivity (Wildman–Crippen MR) is 120 cm³/mol. The topological polar surface area (TPSA) is 87.1 Å². The lowest BCUT2D eigenvalue weighted by Gasteiger charge is -2.24. The van der Waals surface area contributed by atoms with E-state index in [0.717, 1.165) is 17.4 Å². The molecule has 1 aromatic heterocycles. The lowest BCUT2D eigenvalue weighted by molar-refractivity contribution is 0.0292. The molecule has 2 heterocycles. The van der Waals surface area contributed by atoms with E-state index in [2.05, 4.69) is 0 Å². The number of rotatable bonds is 2. The van der Waals surface area contributed by atoms with E-state index in [-0.39, 0.29) is 17.6 Å². The lowest BCUT2D eigenvalue weighted by Crippen LogP contribution is -2.35. The molecule has 0 N–H and O–H groups in total. The quantitative estimate of drug-likeness (QED) is 0.482. The van der Waals surface area contributed by atoms with Gasteiger partial charge in [0.15, 0.2) is 0 Å². The summed E-state index contributed by atoms with van der Waals surface area (Å²) in [7, 11) is 1.30. The monoisotopic (exact) mass is 444 g/mol. The Labute approximate surface area is 188 Å². The standard InChI is InChI=1S/C24H32N2O6/c1-23(2,3)31-21(28)25-12-10-15(14-25)16-8-9-18(20(27)30-7)19-17(16)11-13-26(19)22(29)32-24(4,5)6/h8-9,11,13,15H,10,12,14H2,1-7H3/t15-/m0/s1. The summed E-state index contributed by atoms with van der Waals surface area (Å²) in [6, 6.07) is 5.34. The average Bonchev–Trinajstić information content (AvgIpc) is 3.31. The molecular weight excluding hydrogens is 412 g/mol. The molecule has 1 aliphatic heterocycles. The summed E-state index contributed by atoms with van der Waals surface area (Å²) in [5.74, 6) is -0.488. The zero-order valence-electron chi connectivity index (χ0n) is 19.9. The van der Waals surface area contributed by atoms with Crippen molar-refractivity contribution in [3.05, 3.63) is 35.5 Å². The second-order valence-corrected chi connectivity index (χ2v) is 10.0. The number of nitrogens with zero attached hydrogens (tertiary/aromatic N) is 2. The van der Waals surface area contributed by atoms with Crippen molar-refractivity contribution in [2.24, 2.45) is 0 Å². The SMILES string of the molecule is COC(=O)c1ccc([C@H]2CCN(C(=O)OC(C)(C)C)C2)c2ccn(C(=O)OC(C)(C)C)c12. The molecule has 8 nitrogen and oxygen atoms in total. The third-order valence-corrected chi connectivity index (χ3v) is 5.16. The van der Waals surface area contributed by atoms with E-state index in [1.165, 1.54) is 11.7 Å². The average molecular weight is 445 g/mol. The number of ether oxygens (including phenoxy) is 3. The molecule has 1 saturated heterocycles. The highest BCUT2D eigenvalue weighted by Crippen LogP contribution is 2.35. The maximum Gasteiger partial charge on any atom is 0.419 e. The van der Waals surface area contributed by atoms with Crippen molar-refractivity contribution < 1.29 is 28.6 Å². The Hall–Kier alpha value is -3.03. The van der Waals surface area contributed by atoms with Gasteiger partial charge in [-0.05, 0) is 65.7 Å². The van der Waals surface area contributed by atoms with Crippen LogP contribution in [0.25, 0.3) is 10.9 Å². The van der Waals surface area contributed by atoms with Crippen LogP contribution in [0, 0.1) is 0 Å². The molecule has 1 aliphatic rings. The van der Waals surface area contributed by atoms with Crippen LogP contribution >= 0.6 is 0 Å². The summed E-state index contributed by atoms with van der Waals surface area (Å²) in [6.07, 6.45) is 1.45. The number of aromatic nitrogens is 1. The number of methoxy groups -OCH3 is 1. The van der Waals surface area contributed by atoms with Crippen LogP contribution in [0.15, 0.2) is 24.4 Å². The van der Waals surface area contributed by atoms with E-state index < -0.39 is 23.3 Å². The van der Waals surface area contributed by atoms with Crippen molar-refractivity contribution in [1.29, 1.82) is 0 Å². The number of likely N-dealkylation sites (tertiary alicyclic amines) is 1. The van der Waals surface area contributed by atoms with Crippen LogP contribution < -0.4 is 0 Å². The fourth-order valence-electron chi connectivity index (χ4n) is 3.88. The van der Waals surface area contributed by atoms with E-state index in [4.69, 9.17) is 14.2 Å². The van der Waals surface area contributed by atoms with Crippen LogP contribution in [-0.2, 0) is 14.2 Å². The first-order valence-electron chi connectivity index (χ1n) is 10.7. The number of hydrogen-bond acceptors (Lipinski definition) is 6. The van der Waals surface area contributed by atoms with Gasteiger partial charge in [-0.2, -0.15) is 0 Å². The molecular formula is C24H32N2O6. The molecule has 1 atom stereocenters. The van der Waals surface area contributed by atoms with Crippen molar-refractivity contribution in [3.8, 4) is 0 Å².